The first-order valence-electron chi connectivity index (χ1n) is 5.59. The lowest BCUT2D eigenvalue weighted by molar-refractivity contribution is -0.613. The van der Waals surface area contributed by atoms with Gasteiger partial charge in [-0.25, -0.2) is 0 Å². The summed E-state index contributed by atoms with van der Waals surface area (Å²) in [7, 11) is 0. The van der Waals surface area contributed by atoms with Crippen LogP contribution in [0.3, 0.4) is 0 Å². The third-order valence-electron chi connectivity index (χ3n) is 2.61. The maximum atomic E-state index is 11.5. The Kier molecular flexibility index (Phi) is 3.20. The normalized spacial score (nSPS) is 10.3. The van der Waals surface area contributed by atoms with Gasteiger partial charge in [-0.05, 0) is 17.5 Å². The maximum Gasteiger partial charge on any atom is 0.193 e. The van der Waals surface area contributed by atoms with E-state index in [9.17, 15) is 5.21 Å². The lowest BCUT2D eigenvalue weighted by Crippen LogP contribution is -2.30. The maximum absolute atomic E-state index is 11.5. The van der Waals surface area contributed by atoms with E-state index in [1.807, 2.05) is 30.3 Å². The molecule has 0 fully saturated rings. The van der Waals surface area contributed by atoms with E-state index in [0.717, 1.165) is 34.4 Å². The van der Waals surface area contributed by atoms with Gasteiger partial charge in [-0.3, -0.25) is 0 Å². The summed E-state index contributed by atoms with van der Waals surface area (Å²) in [6.45, 7) is 2.08. The van der Waals surface area contributed by atoms with Crippen LogP contribution in [-0.4, -0.2) is 0 Å². The highest BCUT2D eigenvalue weighted by Gasteiger charge is 2.06. The Morgan fingerprint density at radius 2 is 1.81 bits per heavy atom. The molecule has 0 aliphatic carbocycles. The SMILES string of the molecule is CCCc1cc(-c2ccccc2)cc[n+]1[O-]. The van der Waals surface area contributed by atoms with Gasteiger partial charge in [-0.1, -0.05) is 37.3 Å². The average molecular weight is 213 g/mol. The van der Waals surface area contributed by atoms with Crippen molar-refractivity contribution < 1.29 is 4.73 Å². The Morgan fingerprint density at radius 1 is 1.06 bits per heavy atom. The van der Waals surface area contributed by atoms with Gasteiger partial charge in [-0.2, -0.15) is 4.73 Å². The van der Waals surface area contributed by atoms with E-state index >= 15 is 0 Å². The molecule has 2 heteroatoms. The van der Waals surface area contributed by atoms with E-state index in [-0.39, 0.29) is 0 Å². The summed E-state index contributed by atoms with van der Waals surface area (Å²) < 4.78 is 0.954. The van der Waals surface area contributed by atoms with Crippen LogP contribution in [0.15, 0.2) is 48.7 Å². The Labute approximate surface area is 95.8 Å². The van der Waals surface area contributed by atoms with Gasteiger partial charge in [0.2, 0.25) is 0 Å². The topological polar surface area (TPSA) is 26.9 Å². The van der Waals surface area contributed by atoms with Crippen molar-refractivity contribution in [1.82, 2.24) is 0 Å². The molecule has 0 saturated heterocycles. The van der Waals surface area contributed by atoms with E-state index in [4.69, 9.17) is 0 Å². The van der Waals surface area contributed by atoms with Gasteiger partial charge in [0.25, 0.3) is 0 Å². The lowest BCUT2D eigenvalue weighted by Gasteiger charge is -2.06. The number of aromatic nitrogens is 1. The van der Waals surface area contributed by atoms with Gasteiger partial charge in [-0.15, -0.1) is 0 Å². The van der Waals surface area contributed by atoms with E-state index in [1.54, 1.807) is 6.20 Å². The summed E-state index contributed by atoms with van der Waals surface area (Å²) in [6.07, 6.45) is 3.40. The van der Waals surface area contributed by atoms with Gasteiger partial charge >= 0.3 is 0 Å². The molecule has 16 heavy (non-hydrogen) atoms. The largest absolute Gasteiger partial charge is 0.619 e. The zero-order valence-corrected chi connectivity index (χ0v) is 9.39. The second-order valence-corrected chi connectivity index (χ2v) is 3.85. The Balaban J connectivity index is 2.40. The lowest BCUT2D eigenvalue weighted by atomic mass is 10.1. The third-order valence-corrected chi connectivity index (χ3v) is 2.61. The zero-order chi connectivity index (χ0) is 11.4. The van der Waals surface area contributed by atoms with Crippen molar-refractivity contribution >= 4 is 0 Å². The van der Waals surface area contributed by atoms with Crippen molar-refractivity contribution in [3.8, 4) is 11.1 Å². The van der Waals surface area contributed by atoms with Gasteiger partial charge in [0.1, 0.15) is 0 Å². The molecule has 0 spiro atoms. The number of pyridine rings is 1. The molecule has 82 valence electrons. The predicted octanol–water partition coefficient (Wildman–Crippen LogP) is 2.94. The minimum Gasteiger partial charge on any atom is -0.619 e. The van der Waals surface area contributed by atoms with Crippen LogP contribution in [0.4, 0.5) is 0 Å². The summed E-state index contributed by atoms with van der Waals surface area (Å²) >= 11 is 0. The van der Waals surface area contributed by atoms with E-state index < -0.39 is 0 Å². The molecule has 1 aromatic carbocycles. The fraction of sp³-hybridized carbons (Fsp3) is 0.214. The molecule has 0 N–H and O–H groups in total. The molecule has 1 heterocycles. The first-order chi connectivity index (χ1) is 7.81. The molecule has 0 saturated carbocycles. The third kappa shape index (κ3) is 2.22. The van der Waals surface area contributed by atoms with Gasteiger partial charge < -0.3 is 5.21 Å². The molecule has 0 radical (unpaired) electrons. The van der Waals surface area contributed by atoms with Gasteiger partial charge in [0.05, 0.1) is 0 Å². The summed E-state index contributed by atoms with van der Waals surface area (Å²) in [5, 5.41) is 11.5. The van der Waals surface area contributed by atoms with Crippen molar-refractivity contribution in [3.63, 3.8) is 0 Å². The first kappa shape index (κ1) is 10.7. The van der Waals surface area contributed by atoms with Crippen LogP contribution in [0.25, 0.3) is 11.1 Å². The molecular formula is C14H15NO. The van der Waals surface area contributed by atoms with E-state index in [1.165, 1.54) is 0 Å². The monoisotopic (exact) mass is 213 g/mol. The molecule has 0 amide bonds. The smallest absolute Gasteiger partial charge is 0.193 e. The summed E-state index contributed by atoms with van der Waals surface area (Å²) in [4.78, 5) is 0. The molecule has 0 aliphatic rings. The van der Waals surface area contributed by atoms with Crippen molar-refractivity contribution in [2.75, 3.05) is 0 Å². The number of hydrogen-bond donors (Lipinski definition) is 0. The van der Waals surface area contributed by atoms with Crippen molar-refractivity contribution in [2.24, 2.45) is 0 Å². The van der Waals surface area contributed by atoms with Crippen LogP contribution in [0.5, 0.6) is 0 Å². The second-order valence-electron chi connectivity index (χ2n) is 3.85. The molecule has 0 aliphatic heterocycles. The van der Waals surface area contributed by atoms with E-state index in [2.05, 4.69) is 19.1 Å². The minimum absolute atomic E-state index is 0.824. The quantitative estimate of drug-likeness (QED) is 0.569. The zero-order valence-electron chi connectivity index (χ0n) is 9.39. The number of aryl methyl sites for hydroxylation is 1. The Morgan fingerprint density at radius 3 is 2.50 bits per heavy atom. The molecule has 2 nitrogen and oxygen atoms in total. The highest BCUT2D eigenvalue weighted by atomic mass is 16.5. The fourth-order valence-corrected chi connectivity index (χ4v) is 1.78. The molecule has 2 rings (SSSR count). The number of benzene rings is 1. The van der Waals surface area contributed by atoms with Crippen LogP contribution >= 0.6 is 0 Å². The minimum atomic E-state index is 0.824. The first-order valence-corrected chi connectivity index (χ1v) is 5.59. The second kappa shape index (κ2) is 4.79. The number of rotatable bonds is 3. The number of nitrogens with zero attached hydrogens (tertiary/aromatic N) is 1. The summed E-state index contributed by atoms with van der Waals surface area (Å²) in [6, 6.07) is 14.0. The van der Waals surface area contributed by atoms with Crippen molar-refractivity contribution in [1.29, 1.82) is 0 Å². The van der Waals surface area contributed by atoms with Crippen LogP contribution in [0, 0.1) is 5.21 Å². The van der Waals surface area contributed by atoms with E-state index in [0.29, 0.717) is 0 Å². The highest BCUT2D eigenvalue weighted by Crippen LogP contribution is 2.18. The molecular weight excluding hydrogens is 198 g/mol. The molecule has 0 atom stereocenters. The van der Waals surface area contributed by atoms with Crippen LogP contribution in [0.2, 0.25) is 0 Å². The fourth-order valence-electron chi connectivity index (χ4n) is 1.78. The van der Waals surface area contributed by atoms with Crippen LogP contribution < -0.4 is 4.73 Å². The van der Waals surface area contributed by atoms with Crippen LogP contribution in [-0.2, 0) is 6.42 Å². The highest BCUT2D eigenvalue weighted by molar-refractivity contribution is 5.62. The molecule has 2 aromatic rings. The average Bonchev–Trinajstić information content (AvgIpc) is 2.33. The molecule has 1 aromatic heterocycles. The number of hydrogen-bond acceptors (Lipinski definition) is 1. The van der Waals surface area contributed by atoms with Crippen molar-refractivity contribution in [2.45, 2.75) is 19.8 Å². The predicted molar refractivity (Wildman–Crippen MR) is 64.8 cm³/mol. The van der Waals surface area contributed by atoms with Gasteiger partial charge in [0, 0.05) is 18.6 Å². The van der Waals surface area contributed by atoms with Crippen molar-refractivity contribution in [3.05, 3.63) is 59.6 Å². The summed E-state index contributed by atoms with van der Waals surface area (Å²) in [5.74, 6) is 0. The Hall–Kier alpha value is -1.83. The standard InChI is InChI=1S/C14H15NO/c1-2-6-14-11-13(9-10-15(14)16)12-7-4-3-5-8-12/h3-5,7-11H,2,6H2,1H3. The Bertz CT molecular complexity index is 465. The molecule has 0 unspecified atom stereocenters. The van der Waals surface area contributed by atoms with Gasteiger partial charge in [0.15, 0.2) is 11.9 Å². The van der Waals surface area contributed by atoms with Crippen LogP contribution in [0.1, 0.15) is 19.0 Å². The molecule has 0 bridgehead atoms. The summed E-state index contributed by atoms with van der Waals surface area (Å²) in [5.41, 5.74) is 3.10.